The number of unbranched alkanes of at least 4 members (excludes halogenated alkanes) is 1. The molecule has 0 saturated carbocycles. The van der Waals surface area contributed by atoms with Crippen molar-refractivity contribution in [2.45, 2.75) is 54.0 Å². The fourth-order valence-electron chi connectivity index (χ4n) is 2.17. The number of nitrogens with one attached hydrogen (secondary N) is 2. The van der Waals surface area contributed by atoms with Crippen molar-refractivity contribution in [1.29, 1.82) is 0 Å². The number of aromatic nitrogens is 4. The topological polar surface area (TPSA) is 121 Å². The monoisotopic (exact) mass is 427 g/mol. The van der Waals surface area contributed by atoms with E-state index in [1.165, 1.54) is 12.8 Å². The van der Waals surface area contributed by atoms with Crippen molar-refractivity contribution in [3.8, 4) is 22.5 Å². The Labute approximate surface area is 184 Å². The maximum absolute atomic E-state index is 10.3. The molecule has 0 unspecified atom stereocenters. The Bertz CT molecular complexity index is 844. The van der Waals surface area contributed by atoms with E-state index < -0.39 is 5.97 Å². The molecule has 0 aliphatic rings. The van der Waals surface area contributed by atoms with Gasteiger partial charge >= 0.3 is 0 Å². The fraction of sp³-hybridized carbons (Fsp3) is 0.348. The summed E-state index contributed by atoms with van der Waals surface area (Å²) in [5.74, 6) is -0.266. The molecule has 3 rings (SSSR count). The lowest BCUT2D eigenvalue weighted by Crippen LogP contribution is -2.09. The van der Waals surface area contributed by atoms with Gasteiger partial charge in [0.15, 0.2) is 0 Å². The molecule has 1 heterocycles. The van der Waals surface area contributed by atoms with E-state index in [9.17, 15) is 4.79 Å². The number of aromatic amines is 1. The largest absolute Gasteiger partial charge is 0.481 e. The Morgan fingerprint density at radius 3 is 2.03 bits per heavy atom. The molecule has 0 radical (unpaired) electrons. The highest BCUT2D eigenvalue weighted by Gasteiger charge is 2.10. The van der Waals surface area contributed by atoms with Gasteiger partial charge < -0.3 is 10.4 Å². The number of carboxylic acids is 1. The number of carboxylic acid groups (broad SMARTS) is 1. The minimum Gasteiger partial charge on any atom is -0.481 e. The van der Waals surface area contributed by atoms with Crippen molar-refractivity contribution in [2.24, 2.45) is 0 Å². The van der Waals surface area contributed by atoms with Crippen LogP contribution in [0.4, 0.5) is 0 Å². The zero-order valence-corrected chi connectivity index (χ0v) is 18.9. The van der Waals surface area contributed by atoms with Gasteiger partial charge in [-0.3, -0.25) is 9.59 Å². The molecule has 3 aromatic rings. The highest BCUT2D eigenvalue weighted by Crippen LogP contribution is 2.29. The molecule has 168 valence electrons. The van der Waals surface area contributed by atoms with Crippen LogP contribution >= 0.6 is 0 Å². The van der Waals surface area contributed by atoms with Crippen molar-refractivity contribution >= 4 is 12.4 Å². The van der Waals surface area contributed by atoms with Gasteiger partial charge in [-0.05, 0) is 21.9 Å². The van der Waals surface area contributed by atoms with Crippen LogP contribution in [-0.4, -0.2) is 38.1 Å². The van der Waals surface area contributed by atoms with Crippen molar-refractivity contribution in [1.82, 2.24) is 25.9 Å². The highest BCUT2D eigenvalue weighted by molar-refractivity contribution is 5.80. The first-order valence-corrected chi connectivity index (χ1v) is 10.3. The third kappa shape index (κ3) is 11.3. The number of benzene rings is 2. The van der Waals surface area contributed by atoms with E-state index >= 15 is 0 Å². The van der Waals surface area contributed by atoms with Crippen LogP contribution in [0.5, 0.6) is 0 Å². The first-order valence-electron chi connectivity index (χ1n) is 10.3. The number of carbonyl (C=O) groups excluding carboxylic acids is 1. The van der Waals surface area contributed by atoms with Crippen LogP contribution in [0.1, 0.15) is 53.0 Å². The minimum atomic E-state index is -0.833. The number of carbonyl (C=O) groups is 2. The predicted molar refractivity (Wildman–Crippen MR) is 123 cm³/mol. The molecular weight excluding hydrogens is 394 g/mol. The lowest BCUT2D eigenvalue weighted by atomic mass is 9.98. The van der Waals surface area contributed by atoms with Crippen LogP contribution in [0.25, 0.3) is 22.5 Å². The van der Waals surface area contributed by atoms with Crippen molar-refractivity contribution < 1.29 is 14.7 Å². The van der Waals surface area contributed by atoms with Gasteiger partial charge in [0.1, 0.15) is 0 Å². The van der Waals surface area contributed by atoms with E-state index in [1.54, 1.807) is 0 Å². The molecule has 8 nitrogen and oxygen atoms in total. The first-order chi connectivity index (χ1) is 15.0. The van der Waals surface area contributed by atoms with Gasteiger partial charge in [0, 0.05) is 19.0 Å². The zero-order valence-electron chi connectivity index (χ0n) is 18.9. The van der Waals surface area contributed by atoms with Crippen LogP contribution in [-0.2, 0) is 16.1 Å². The fourth-order valence-corrected chi connectivity index (χ4v) is 2.17. The molecule has 0 saturated heterocycles. The molecule has 31 heavy (non-hydrogen) atoms. The summed E-state index contributed by atoms with van der Waals surface area (Å²) in [6.45, 7) is 9.97. The number of aliphatic carboxylic acids is 1. The summed E-state index contributed by atoms with van der Waals surface area (Å²) >= 11 is 0. The van der Waals surface area contributed by atoms with Gasteiger partial charge in [-0.15, -0.1) is 10.2 Å². The first kappa shape index (κ1) is 27.5. The lowest BCUT2D eigenvalue weighted by Gasteiger charge is -2.07. The number of nitrogens with zero attached hydrogens (tertiary/aromatic N) is 3. The van der Waals surface area contributed by atoms with Crippen molar-refractivity contribution in [3.05, 3.63) is 54.1 Å². The van der Waals surface area contributed by atoms with E-state index in [-0.39, 0.29) is 0 Å². The van der Waals surface area contributed by atoms with E-state index in [0.29, 0.717) is 18.8 Å². The maximum Gasteiger partial charge on any atom is 0.300 e. The molecule has 1 aromatic heterocycles. The number of H-pyrrole nitrogens is 1. The molecule has 0 bridgehead atoms. The summed E-state index contributed by atoms with van der Waals surface area (Å²) in [6.07, 6.45) is 3.33. The summed E-state index contributed by atoms with van der Waals surface area (Å²) in [7, 11) is 0. The molecule has 0 spiro atoms. The van der Waals surface area contributed by atoms with Gasteiger partial charge in [0.25, 0.3) is 5.97 Å². The van der Waals surface area contributed by atoms with Crippen LogP contribution in [0.15, 0.2) is 48.5 Å². The minimum absolute atomic E-state index is 0.524. The third-order valence-electron chi connectivity index (χ3n) is 3.67. The van der Waals surface area contributed by atoms with Crippen LogP contribution in [0, 0.1) is 0 Å². The van der Waals surface area contributed by atoms with E-state index in [4.69, 9.17) is 9.90 Å². The van der Waals surface area contributed by atoms with E-state index in [0.717, 1.165) is 29.2 Å². The van der Waals surface area contributed by atoms with Crippen molar-refractivity contribution in [3.63, 3.8) is 0 Å². The van der Waals surface area contributed by atoms with Crippen LogP contribution in [0.3, 0.4) is 0 Å². The molecule has 3 N–H and O–H groups in total. The van der Waals surface area contributed by atoms with Gasteiger partial charge in [-0.1, -0.05) is 89.1 Å². The standard InChI is InChI=1S/C15H13N5O.C4H10.C2H4O2.C2H6/c21-10-16-9-11-5-7-12(8-6-11)13-3-1-2-4-14(13)15-17-19-20-18-15;1-3-4-2;1-2(3)4;1-2/h1-8,10H,9H2,(H,16,21)(H,17,18,19,20);3-4H2,1-2H3;1H3,(H,3,4);1-2H3. The lowest BCUT2D eigenvalue weighted by molar-refractivity contribution is -0.134. The Morgan fingerprint density at radius 2 is 1.58 bits per heavy atom. The third-order valence-corrected chi connectivity index (χ3v) is 3.67. The molecular formula is C23H33N5O3. The number of amides is 1. The van der Waals surface area contributed by atoms with E-state index in [2.05, 4.69) is 39.8 Å². The quantitative estimate of drug-likeness (QED) is 0.490. The summed E-state index contributed by atoms with van der Waals surface area (Å²) in [6, 6.07) is 15.9. The molecule has 0 fully saturated rings. The molecule has 0 atom stereocenters. The van der Waals surface area contributed by atoms with Crippen LogP contribution in [0.2, 0.25) is 0 Å². The van der Waals surface area contributed by atoms with Gasteiger partial charge in [0.2, 0.25) is 12.2 Å². The molecule has 1 amide bonds. The molecule has 0 aliphatic heterocycles. The second-order valence-corrected chi connectivity index (χ2v) is 6.00. The van der Waals surface area contributed by atoms with Gasteiger partial charge in [-0.25, -0.2) is 0 Å². The Kier molecular flexibility index (Phi) is 15.3. The smallest absolute Gasteiger partial charge is 0.300 e. The SMILES string of the molecule is CC.CC(=O)O.CCCC.O=CNCc1ccc(-c2ccccc2-c2nn[nH]n2)cc1. The van der Waals surface area contributed by atoms with E-state index in [1.807, 2.05) is 62.4 Å². The summed E-state index contributed by atoms with van der Waals surface area (Å²) < 4.78 is 0. The number of hydrogen-bond donors (Lipinski definition) is 3. The number of tetrazole rings is 1. The number of hydrogen-bond acceptors (Lipinski definition) is 5. The van der Waals surface area contributed by atoms with Crippen molar-refractivity contribution in [2.75, 3.05) is 0 Å². The second-order valence-electron chi connectivity index (χ2n) is 6.00. The zero-order chi connectivity index (χ0) is 23.5. The predicted octanol–water partition coefficient (Wildman–Crippen LogP) is 4.70. The average molecular weight is 428 g/mol. The highest BCUT2D eigenvalue weighted by atomic mass is 16.4. The second kappa shape index (κ2) is 17.3. The summed E-state index contributed by atoms with van der Waals surface area (Å²) in [5, 5.41) is 24.2. The Balaban J connectivity index is 0.000000767. The summed E-state index contributed by atoms with van der Waals surface area (Å²) in [5.41, 5.74) is 4.06. The summed E-state index contributed by atoms with van der Waals surface area (Å²) in [4.78, 5) is 19.3. The van der Waals surface area contributed by atoms with Gasteiger partial charge in [0.05, 0.1) is 0 Å². The normalized spacial score (nSPS) is 8.94. The van der Waals surface area contributed by atoms with Crippen LogP contribution < -0.4 is 5.32 Å². The van der Waals surface area contributed by atoms with Gasteiger partial charge in [-0.2, -0.15) is 5.21 Å². The molecule has 2 aromatic carbocycles. The number of rotatable bonds is 6. The average Bonchev–Trinajstić information content (AvgIpc) is 3.34. The Hall–Kier alpha value is -3.55. The Morgan fingerprint density at radius 1 is 1.03 bits per heavy atom. The molecule has 8 heteroatoms. The molecule has 0 aliphatic carbocycles. The maximum atomic E-state index is 10.3.